The number of aromatic nitrogens is 2. The van der Waals surface area contributed by atoms with E-state index in [-0.39, 0.29) is 5.82 Å². The van der Waals surface area contributed by atoms with Crippen LogP contribution in [0.15, 0.2) is 66.7 Å². The minimum atomic E-state index is -0.254. The van der Waals surface area contributed by atoms with Crippen LogP contribution in [0.1, 0.15) is 39.3 Å². The summed E-state index contributed by atoms with van der Waals surface area (Å²) < 4.78 is 15.6. The summed E-state index contributed by atoms with van der Waals surface area (Å²) in [7, 11) is 0. The number of hydrogen-bond acceptors (Lipinski definition) is 3. The Morgan fingerprint density at radius 1 is 0.909 bits per heavy atom. The van der Waals surface area contributed by atoms with E-state index >= 15 is 0 Å². The molecule has 0 spiro atoms. The summed E-state index contributed by atoms with van der Waals surface area (Å²) in [5.41, 5.74) is 7.88. The fourth-order valence-electron chi connectivity index (χ4n) is 4.12. The maximum Gasteiger partial charge on any atom is 0.137 e. The Morgan fingerprint density at radius 2 is 1.70 bits per heavy atom. The van der Waals surface area contributed by atoms with Crippen molar-refractivity contribution in [2.24, 2.45) is 0 Å². The van der Waals surface area contributed by atoms with Crippen molar-refractivity contribution in [1.82, 2.24) is 9.55 Å². The average molecular weight is 439 g/mol. The van der Waals surface area contributed by atoms with Gasteiger partial charge in [0.05, 0.1) is 11.6 Å². The third-order valence-electron chi connectivity index (χ3n) is 5.69. The number of aryl methyl sites for hydroxylation is 5. The van der Waals surface area contributed by atoms with Gasteiger partial charge in [0.15, 0.2) is 0 Å². The van der Waals surface area contributed by atoms with E-state index < -0.39 is 0 Å². The Bertz CT molecular complexity index is 1310. The first-order valence-electron chi connectivity index (χ1n) is 11.1. The molecule has 4 nitrogen and oxygen atoms in total. The lowest BCUT2D eigenvalue weighted by Crippen LogP contribution is -2.06. The molecule has 0 unspecified atom stereocenters. The monoisotopic (exact) mass is 438 g/mol. The second-order valence-electron chi connectivity index (χ2n) is 8.46. The lowest BCUT2D eigenvalue weighted by molar-refractivity contribution is 0.626. The molecular formula is C28H27FN4. The molecule has 0 saturated heterocycles. The minimum absolute atomic E-state index is 0.254. The molecule has 0 bridgehead atoms. The number of pyridine rings is 1. The third-order valence-corrected chi connectivity index (χ3v) is 5.69. The number of nitrogens with one attached hydrogen (secondary N) is 1. The first kappa shape index (κ1) is 22.3. The molecule has 0 radical (unpaired) electrons. The number of nitrogens with zero attached hydrogens (tertiary/aromatic N) is 3. The van der Waals surface area contributed by atoms with E-state index in [0.29, 0.717) is 12.1 Å². The predicted molar refractivity (Wildman–Crippen MR) is 130 cm³/mol. The standard InChI is InChI=1S/C28H27FN4/c1-19-11-26(32-28(12-19)33-20(2)7-8-21(33)3)10-9-22-13-24(17-30)16-27(15-22)31-18-23-5-4-6-25(29)14-23/h4-8,11-16,31H,9-10,18H2,1-3H3. The fourth-order valence-corrected chi connectivity index (χ4v) is 4.12. The van der Waals surface area contributed by atoms with Crippen LogP contribution in [-0.4, -0.2) is 9.55 Å². The molecule has 1 N–H and O–H groups in total. The first-order valence-corrected chi connectivity index (χ1v) is 11.1. The van der Waals surface area contributed by atoms with Gasteiger partial charge in [-0.15, -0.1) is 0 Å². The SMILES string of the molecule is Cc1cc(CCc2cc(C#N)cc(NCc3cccc(F)c3)c2)nc(-n2c(C)ccc2C)c1. The van der Waals surface area contributed by atoms with E-state index in [2.05, 4.69) is 67.1 Å². The molecule has 166 valence electrons. The smallest absolute Gasteiger partial charge is 0.137 e. The fraction of sp³-hybridized carbons (Fsp3) is 0.214. The van der Waals surface area contributed by atoms with Gasteiger partial charge in [0.2, 0.25) is 0 Å². The number of benzene rings is 2. The summed E-state index contributed by atoms with van der Waals surface area (Å²) in [4.78, 5) is 4.91. The summed E-state index contributed by atoms with van der Waals surface area (Å²) in [6.45, 7) is 6.75. The van der Waals surface area contributed by atoms with Gasteiger partial charge in [-0.25, -0.2) is 9.37 Å². The van der Waals surface area contributed by atoms with Gasteiger partial charge in [-0.05, 0) is 105 Å². The topological polar surface area (TPSA) is 53.6 Å². The second kappa shape index (κ2) is 9.70. The van der Waals surface area contributed by atoms with Gasteiger partial charge in [-0.3, -0.25) is 0 Å². The number of halogens is 1. The van der Waals surface area contributed by atoms with Crippen LogP contribution in [0.5, 0.6) is 0 Å². The molecule has 5 heteroatoms. The van der Waals surface area contributed by atoms with Gasteiger partial charge >= 0.3 is 0 Å². The number of anilines is 1. The van der Waals surface area contributed by atoms with Crippen LogP contribution < -0.4 is 5.32 Å². The summed E-state index contributed by atoms with van der Waals surface area (Å²) in [6.07, 6.45) is 1.54. The molecule has 4 rings (SSSR count). The highest BCUT2D eigenvalue weighted by Crippen LogP contribution is 2.20. The average Bonchev–Trinajstić information content (AvgIpc) is 3.13. The highest BCUT2D eigenvalue weighted by molar-refractivity contribution is 5.52. The Morgan fingerprint density at radius 3 is 2.42 bits per heavy atom. The number of rotatable bonds is 7. The molecule has 0 saturated carbocycles. The van der Waals surface area contributed by atoms with Gasteiger partial charge in [0, 0.05) is 29.3 Å². The van der Waals surface area contributed by atoms with Crippen LogP contribution in [-0.2, 0) is 19.4 Å². The highest BCUT2D eigenvalue weighted by atomic mass is 19.1. The number of hydrogen-bond donors (Lipinski definition) is 1. The Labute approximate surface area is 194 Å². The van der Waals surface area contributed by atoms with E-state index in [1.54, 1.807) is 6.07 Å². The van der Waals surface area contributed by atoms with Crippen molar-refractivity contribution in [1.29, 1.82) is 5.26 Å². The Hall–Kier alpha value is -3.91. The zero-order valence-corrected chi connectivity index (χ0v) is 19.2. The van der Waals surface area contributed by atoms with E-state index in [1.807, 2.05) is 18.2 Å². The summed E-state index contributed by atoms with van der Waals surface area (Å²) in [5.74, 6) is 0.685. The molecule has 2 heterocycles. The normalized spacial score (nSPS) is 10.8. The molecular weight excluding hydrogens is 411 g/mol. The molecule has 2 aromatic heterocycles. The van der Waals surface area contributed by atoms with E-state index in [1.165, 1.54) is 17.7 Å². The molecule has 33 heavy (non-hydrogen) atoms. The van der Waals surface area contributed by atoms with E-state index in [0.717, 1.165) is 52.6 Å². The first-order chi connectivity index (χ1) is 15.9. The van der Waals surface area contributed by atoms with Crippen molar-refractivity contribution >= 4 is 5.69 Å². The minimum Gasteiger partial charge on any atom is -0.381 e. The molecule has 4 aromatic rings. The lowest BCUT2D eigenvalue weighted by Gasteiger charge is -2.13. The molecule has 0 fully saturated rings. The van der Waals surface area contributed by atoms with Crippen molar-refractivity contribution in [2.75, 3.05) is 5.32 Å². The van der Waals surface area contributed by atoms with Crippen molar-refractivity contribution in [3.8, 4) is 11.9 Å². The quantitative estimate of drug-likeness (QED) is 0.373. The number of nitriles is 1. The Balaban J connectivity index is 1.51. The van der Waals surface area contributed by atoms with E-state index in [9.17, 15) is 9.65 Å². The van der Waals surface area contributed by atoms with Gasteiger partial charge in [-0.2, -0.15) is 5.26 Å². The van der Waals surface area contributed by atoms with Gasteiger partial charge in [0.25, 0.3) is 0 Å². The molecule has 0 aliphatic carbocycles. The molecule has 0 amide bonds. The highest BCUT2D eigenvalue weighted by Gasteiger charge is 2.09. The van der Waals surface area contributed by atoms with Crippen molar-refractivity contribution in [3.05, 3.63) is 112 Å². The van der Waals surface area contributed by atoms with Crippen LogP contribution >= 0.6 is 0 Å². The summed E-state index contributed by atoms with van der Waals surface area (Å²) in [5, 5.41) is 12.8. The summed E-state index contributed by atoms with van der Waals surface area (Å²) >= 11 is 0. The van der Waals surface area contributed by atoms with Crippen molar-refractivity contribution in [3.63, 3.8) is 0 Å². The lowest BCUT2D eigenvalue weighted by atomic mass is 10.0. The molecule has 0 atom stereocenters. The van der Waals surface area contributed by atoms with E-state index in [4.69, 9.17) is 4.98 Å². The van der Waals surface area contributed by atoms with Gasteiger partial charge in [-0.1, -0.05) is 12.1 Å². The van der Waals surface area contributed by atoms with Crippen molar-refractivity contribution < 1.29 is 4.39 Å². The molecule has 0 aliphatic rings. The zero-order chi connectivity index (χ0) is 23.4. The van der Waals surface area contributed by atoms with Crippen molar-refractivity contribution in [2.45, 2.75) is 40.2 Å². The second-order valence-corrected chi connectivity index (χ2v) is 8.46. The van der Waals surface area contributed by atoms with Gasteiger partial charge < -0.3 is 9.88 Å². The predicted octanol–water partition coefficient (Wildman–Crippen LogP) is 6.21. The van der Waals surface area contributed by atoms with Crippen LogP contribution in [0, 0.1) is 37.9 Å². The maximum atomic E-state index is 13.4. The molecule has 0 aliphatic heterocycles. The zero-order valence-electron chi connectivity index (χ0n) is 19.2. The van der Waals surface area contributed by atoms with Crippen LogP contribution in [0.2, 0.25) is 0 Å². The van der Waals surface area contributed by atoms with Crippen LogP contribution in [0.25, 0.3) is 5.82 Å². The van der Waals surface area contributed by atoms with Crippen LogP contribution in [0.3, 0.4) is 0 Å². The van der Waals surface area contributed by atoms with Crippen LogP contribution in [0.4, 0.5) is 10.1 Å². The molecule has 2 aromatic carbocycles. The summed E-state index contributed by atoms with van der Waals surface area (Å²) in [6, 6.07) is 23.0. The maximum absolute atomic E-state index is 13.4. The largest absolute Gasteiger partial charge is 0.381 e. The van der Waals surface area contributed by atoms with Gasteiger partial charge in [0.1, 0.15) is 11.6 Å². The Kier molecular flexibility index (Phi) is 6.55. The third kappa shape index (κ3) is 5.48.